The smallest absolute Gasteiger partial charge is 0.0732 e. The second-order valence-corrected chi connectivity index (χ2v) is 5.12. The lowest BCUT2D eigenvalue weighted by Gasteiger charge is -2.28. The number of ether oxygens (including phenoxy) is 2. The third-order valence-electron chi connectivity index (χ3n) is 3.73. The maximum Gasteiger partial charge on any atom is 0.0732 e. The van der Waals surface area contributed by atoms with E-state index in [1.54, 1.807) is 7.11 Å². The zero-order valence-corrected chi connectivity index (χ0v) is 12.1. The molecule has 0 aliphatic heterocycles. The third kappa shape index (κ3) is 4.35. The minimum atomic E-state index is 0.296. The Morgan fingerprint density at radius 2 is 2.05 bits per heavy atom. The first-order valence-corrected chi connectivity index (χ1v) is 7.24. The number of methoxy groups -OCH3 is 1. The van der Waals surface area contributed by atoms with Crippen molar-refractivity contribution in [2.24, 2.45) is 5.73 Å². The van der Waals surface area contributed by atoms with E-state index in [1.165, 1.54) is 6.42 Å². The summed E-state index contributed by atoms with van der Waals surface area (Å²) in [5, 5.41) is 0. The highest BCUT2D eigenvalue weighted by molar-refractivity contribution is 5.41. The summed E-state index contributed by atoms with van der Waals surface area (Å²) in [5.41, 5.74) is 7.57. The molecule has 3 nitrogen and oxygen atoms in total. The molecule has 0 bridgehead atoms. The fraction of sp³-hybridized carbons (Fsp3) is 0.529. The van der Waals surface area contributed by atoms with Gasteiger partial charge in [-0.3, -0.25) is 0 Å². The summed E-state index contributed by atoms with van der Waals surface area (Å²) in [6, 6.07) is 8.09. The number of rotatable bonds is 4. The van der Waals surface area contributed by atoms with Crippen molar-refractivity contribution in [2.75, 3.05) is 13.7 Å². The molecule has 1 aliphatic rings. The van der Waals surface area contributed by atoms with Gasteiger partial charge in [0, 0.05) is 12.7 Å². The summed E-state index contributed by atoms with van der Waals surface area (Å²) in [6.45, 7) is 0.990. The van der Waals surface area contributed by atoms with Crippen LogP contribution >= 0.6 is 0 Å². The molecule has 2 atom stereocenters. The Labute approximate surface area is 121 Å². The van der Waals surface area contributed by atoms with E-state index in [0.717, 1.165) is 30.4 Å². The number of nitrogens with two attached hydrogens (primary N) is 1. The van der Waals surface area contributed by atoms with E-state index in [9.17, 15) is 0 Å². The van der Waals surface area contributed by atoms with Crippen LogP contribution in [0.25, 0.3) is 0 Å². The molecule has 0 spiro atoms. The second kappa shape index (κ2) is 8.06. The standard InChI is InChI=1S/C17H23NO2/c1-19-16-9-4-10-17(12-16)20-13-15-7-3-2-6-14(15)8-5-11-18/h2-3,6-7,16-17H,4,9-13,18H2,1H3. The van der Waals surface area contributed by atoms with E-state index in [0.29, 0.717) is 25.4 Å². The normalized spacial score (nSPS) is 22.1. The Morgan fingerprint density at radius 3 is 2.85 bits per heavy atom. The Balaban J connectivity index is 1.93. The van der Waals surface area contributed by atoms with Crippen molar-refractivity contribution in [1.29, 1.82) is 0 Å². The minimum absolute atomic E-state index is 0.296. The Morgan fingerprint density at radius 1 is 1.25 bits per heavy atom. The highest BCUT2D eigenvalue weighted by Crippen LogP contribution is 2.24. The largest absolute Gasteiger partial charge is 0.381 e. The van der Waals surface area contributed by atoms with Crippen LogP contribution in [-0.2, 0) is 16.1 Å². The van der Waals surface area contributed by atoms with Crippen molar-refractivity contribution < 1.29 is 9.47 Å². The van der Waals surface area contributed by atoms with Gasteiger partial charge in [0.05, 0.1) is 25.4 Å². The van der Waals surface area contributed by atoms with Gasteiger partial charge in [-0.15, -0.1) is 0 Å². The van der Waals surface area contributed by atoms with Crippen molar-refractivity contribution in [2.45, 2.75) is 44.5 Å². The molecule has 3 heteroatoms. The predicted molar refractivity (Wildman–Crippen MR) is 80.2 cm³/mol. The fourth-order valence-electron chi connectivity index (χ4n) is 2.59. The van der Waals surface area contributed by atoms with Crippen LogP contribution in [0.4, 0.5) is 0 Å². The van der Waals surface area contributed by atoms with Crippen molar-refractivity contribution in [3.63, 3.8) is 0 Å². The summed E-state index contributed by atoms with van der Waals surface area (Å²) < 4.78 is 11.5. The summed E-state index contributed by atoms with van der Waals surface area (Å²) in [6.07, 6.45) is 5.08. The van der Waals surface area contributed by atoms with Crippen molar-refractivity contribution in [1.82, 2.24) is 0 Å². The molecule has 1 aromatic rings. The maximum absolute atomic E-state index is 6.04. The van der Waals surface area contributed by atoms with E-state index >= 15 is 0 Å². The monoisotopic (exact) mass is 273 g/mol. The Kier molecular flexibility index (Phi) is 6.07. The van der Waals surface area contributed by atoms with Gasteiger partial charge in [-0.2, -0.15) is 0 Å². The summed E-state index contributed by atoms with van der Waals surface area (Å²) in [7, 11) is 1.78. The van der Waals surface area contributed by atoms with Crippen LogP contribution in [0.3, 0.4) is 0 Å². The van der Waals surface area contributed by atoms with Crippen LogP contribution in [0.15, 0.2) is 24.3 Å². The summed E-state index contributed by atoms with van der Waals surface area (Å²) in [4.78, 5) is 0. The van der Waals surface area contributed by atoms with Crippen LogP contribution in [0.5, 0.6) is 0 Å². The molecular formula is C17H23NO2. The molecule has 108 valence electrons. The first-order valence-electron chi connectivity index (χ1n) is 7.24. The molecule has 0 amide bonds. The van der Waals surface area contributed by atoms with Crippen molar-refractivity contribution in [3.8, 4) is 11.8 Å². The molecule has 2 N–H and O–H groups in total. The summed E-state index contributed by atoms with van der Waals surface area (Å²) in [5.74, 6) is 6.00. The first-order chi connectivity index (χ1) is 9.83. The van der Waals surface area contributed by atoms with Crippen LogP contribution < -0.4 is 5.73 Å². The lowest BCUT2D eigenvalue weighted by atomic mass is 9.95. The van der Waals surface area contributed by atoms with E-state index in [-0.39, 0.29) is 0 Å². The molecule has 0 saturated heterocycles. The van der Waals surface area contributed by atoms with Gasteiger partial charge in [0.25, 0.3) is 0 Å². The first kappa shape index (κ1) is 15.1. The van der Waals surface area contributed by atoms with Crippen molar-refractivity contribution in [3.05, 3.63) is 35.4 Å². The SMILES string of the molecule is COC1CCCC(OCc2ccccc2C#CCN)C1. The molecule has 0 radical (unpaired) electrons. The topological polar surface area (TPSA) is 44.5 Å². The third-order valence-corrected chi connectivity index (χ3v) is 3.73. The van der Waals surface area contributed by atoms with Crippen LogP contribution in [0, 0.1) is 11.8 Å². The second-order valence-electron chi connectivity index (χ2n) is 5.12. The van der Waals surface area contributed by atoms with E-state index in [4.69, 9.17) is 15.2 Å². The quantitative estimate of drug-likeness (QED) is 0.857. The van der Waals surface area contributed by atoms with Crippen molar-refractivity contribution >= 4 is 0 Å². The van der Waals surface area contributed by atoms with Gasteiger partial charge in [-0.25, -0.2) is 0 Å². The molecule has 2 rings (SSSR count). The van der Waals surface area contributed by atoms with Crippen LogP contribution in [0.2, 0.25) is 0 Å². The average Bonchev–Trinajstić information content (AvgIpc) is 2.52. The van der Waals surface area contributed by atoms with Gasteiger partial charge < -0.3 is 15.2 Å². The molecule has 0 aromatic heterocycles. The zero-order chi connectivity index (χ0) is 14.2. The van der Waals surface area contributed by atoms with Gasteiger partial charge in [0.2, 0.25) is 0 Å². The average molecular weight is 273 g/mol. The Bertz CT molecular complexity index is 475. The minimum Gasteiger partial charge on any atom is -0.381 e. The maximum atomic E-state index is 6.04. The molecule has 1 fully saturated rings. The number of benzene rings is 1. The molecule has 1 aromatic carbocycles. The lowest BCUT2D eigenvalue weighted by Crippen LogP contribution is -2.27. The van der Waals surface area contributed by atoms with Crippen LogP contribution in [0.1, 0.15) is 36.8 Å². The molecule has 1 saturated carbocycles. The van der Waals surface area contributed by atoms with Gasteiger partial charge in [0.15, 0.2) is 0 Å². The van der Waals surface area contributed by atoms with E-state index < -0.39 is 0 Å². The zero-order valence-electron chi connectivity index (χ0n) is 12.1. The highest BCUT2D eigenvalue weighted by Gasteiger charge is 2.22. The van der Waals surface area contributed by atoms with Gasteiger partial charge in [-0.1, -0.05) is 30.0 Å². The lowest BCUT2D eigenvalue weighted by molar-refractivity contribution is -0.0363. The summed E-state index contributed by atoms with van der Waals surface area (Å²) >= 11 is 0. The molecule has 20 heavy (non-hydrogen) atoms. The van der Waals surface area contributed by atoms with Gasteiger partial charge in [0.1, 0.15) is 0 Å². The van der Waals surface area contributed by atoms with Gasteiger partial charge >= 0.3 is 0 Å². The fourth-order valence-corrected chi connectivity index (χ4v) is 2.59. The predicted octanol–water partition coefficient (Wildman–Crippen LogP) is 2.47. The highest BCUT2D eigenvalue weighted by atomic mass is 16.5. The molecular weight excluding hydrogens is 250 g/mol. The van der Waals surface area contributed by atoms with Gasteiger partial charge in [-0.05, 0) is 37.3 Å². The van der Waals surface area contributed by atoms with E-state index in [1.807, 2.05) is 18.2 Å². The molecule has 1 aliphatic carbocycles. The van der Waals surface area contributed by atoms with Crippen LogP contribution in [-0.4, -0.2) is 25.9 Å². The van der Waals surface area contributed by atoms with E-state index in [2.05, 4.69) is 17.9 Å². The Hall–Kier alpha value is -1.34. The number of hydrogen-bond donors (Lipinski definition) is 1. The number of hydrogen-bond acceptors (Lipinski definition) is 3. The molecule has 2 unspecified atom stereocenters. The molecule has 0 heterocycles.